The number of rotatable bonds is 7. The lowest BCUT2D eigenvalue weighted by Gasteiger charge is -2.13. The predicted molar refractivity (Wildman–Crippen MR) is 91.4 cm³/mol. The molecule has 0 spiro atoms. The SMILES string of the molecule is CC(=O)N[C@@H](Cc1ccc(SCc2ccccc2)cc1)C(=O)O. The van der Waals surface area contributed by atoms with Crippen molar-refractivity contribution in [2.24, 2.45) is 0 Å². The van der Waals surface area contributed by atoms with Gasteiger partial charge in [-0.2, -0.15) is 0 Å². The second-order valence-corrected chi connectivity index (χ2v) is 6.26. The van der Waals surface area contributed by atoms with Crippen molar-refractivity contribution in [2.75, 3.05) is 0 Å². The first-order chi connectivity index (χ1) is 11.0. The van der Waals surface area contributed by atoms with E-state index in [9.17, 15) is 9.59 Å². The lowest BCUT2D eigenvalue weighted by atomic mass is 10.1. The molecule has 2 rings (SSSR count). The van der Waals surface area contributed by atoms with Gasteiger partial charge in [0, 0.05) is 24.0 Å². The molecular formula is C18H19NO3S. The Kier molecular flexibility index (Phi) is 6.23. The van der Waals surface area contributed by atoms with E-state index in [2.05, 4.69) is 17.4 Å². The minimum absolute atomic E-state index is 0.276. The van der Waals surface area contributed by atoms with Crippen LogP contribution < -0.4 is 5.32 Å². The molecule has 2 aromatic rings. The second kappa shape index (κ2) is 8.39. The molecule has 0 fully saturated rings. The zero-order valence-electron chi connectivity index (χ0n) is 12.9. The summed E-state index contributed by atoms with van der Waals surface area (Å²) in [4.78, 5) is 23.3. The summed E-state index contributed by atoms with van der Waals surface area (Å²) in [5.74, 6) is -0.473. The van der Waals surface area contributed by atoms with Crippen molar-refractivity contribution in [3.63, 3.8) is 0 Å². The molecule has 0 aliphatic carbocycles. The maximum absolute atomic E-state index is 11.1. The molecule has 0 aliphatic rings. The van der Waals surface area contributed by atoms with Gasteiger partial charge in [0.1, 0.15) is 6.04 Å². The molecule has 5 heteroatoms. The highest BCUT2D eigenvalue weighted by molar-refractivity contribution is 7.98. The Morgan fingerprint density at radius 3 is 2.26 bits per heavy atom. The number of hydrogen-bond acceptors (Lipinski definition) is 3. The minimum atomic E-state index is -1.03. The third-order valence-corrected chi connectivity index (χ3v) is 4.37. The first-order valence-corrected chi connectivity index (χ1v) is 8.29. The first-order valence-electron chi connectivity index (χ1n) is 7.30. The zero-order valence-corrected chi connectivity index (χ0v) is 13.7. The number of carboxylic acids is 1. The van der Waals surface area contributed by atoms with Gasteiger partial charge in [0.2, 0.25) is 5.91 Å². The van der Waals surface area contributed by atoms with Crippen LogP contribution in [0.4, 0.5) is 0 Å². The smallest absolute Gasteiger partial charge is 0.326 e. The van der Waals surface area contributed by atoms with E-state index in [-0.39, 0.29) is 12.3 Å². The molecular weight excluding hydrogens is 310 g/mol. The van der Waals surface area contributed by atoms with Gasteiger partial charge < -0.3 is 10.4 Å². The molecule has 0 bridgehead atoms. The van der Waals surface area contributed by atoms with E-state index in [1.54, 1.807) is 11.8 Å². The number of amides is 1. The zero-order chi connectivity index (χ0) is 16.7. The molecule has 23 heavy (non-hydrogen) atoms. The van der Waals surface area contributed by atoms with Crippen LogP contribution in [-0.2, 0) is 21.8 Å². The van der Waals surface area contributed by atoms with Crippen LogP contribution in [0.5, 0.6) is 0 Å². The average Bonchev–Trinajstić information content (AvgIpc) is 2.54. The van der Waals surface area contributed by atoms with Crippen molar-refractivity contribution in [2.45, 2.75) is 30.0 Å². The molecule has 1 amide bonds. The Morgan fingerprint density at radius 1 is 1.04 bits per heavy atom. The van der Waals surface area contributed by atoms with Gasteiger partial charge in [0.15, 0.2) is 0 Å². The highest BCUT2D eigenvalue weighted by Crippen LogP contribution is 2.23. The van der Waals surface area contributed by atoms with E-state index in [4.69, 9.17) is 5.11 Å². The van der Waals surface area contributed by atoms with E-state index >= 15 is 0 Å². The number of benzene rings is 2. The molecule has 1 atom stereocenters. The van der Waals surface area contributed by atoms with Crippen LogP contribution in [-0.4, -0.2) is 23.0 Å². The maximum Gasteiger partial charge on any atom is 0.326 e. The third-order valence-electron chi connectivity index (χ3n) is 3.29. The minimum Gasteiger partial charge on any atom is -0.480 e. The van der Waals surface area contributed by atoms with E-state index in [1.165, 1.54) is 12.5 Å². The molecule has 0 aromatic heterocycles. The maximum atomic E-state index is 11.1. The van der Waals surface area contributed by atoms with Crippen LogP contribution in [0.3, 0.4) is 0 Å². The first kappa shape index (κ1) is 17.1. The fourth-order valence-electron chi connectivity index (χ4n) is 2.14. The Morgan fingerprint density at radius 2 is 1.70 bits per heavy atom. The van der Waals surface area contributed by atoms with Crippen molar-refractivity contribution in [1.29, 1.82) is 0 Å². The molecule has 4 nitrogen and oxygen atoms in total. The van der Waals surface area contributed by atoms with Gasteiger partial charge in [-0.25, -0.2) is 4.79 Å². The van der Waals surface area contributed by atoms with Gasteiger partial charge in [0.05, 0.1) is 0 Å². The Balaban J connectivity index is 1.93. The normalized spacial score (nSPS) is 11.7. The van der Waals surface area contributed by atoms with Crippen molar-refractivity contribution in [3.8, 4) is 0 Å². The summed E-state index contributed by atoms with van der Waals surface area (Å²) in [6.45, 7) is 1.32. The van der Waals surface area contributed by atoms with Crippen molar-refractivity contribution >= 4 is 23.6 Å². The summed E-state index contributed by atoms with van der Waals surface area (Å²) in [5, 5.41) is 11.6. The number of carbonyl (C=O) groups is 2. The van der Waals surface area contributed by atoms with Crippen LogP contribution in [0.15, 0.2) is 59.5 Å². The van der Waals surface area contributed by atoms with Crippen molar-refractivity contribution in [3.05, 3.63) is 65.7 Å². The lowest BCUT2D eigenvalue weighted by molar-refractivity contribution is -0.141. The summed E-state index contributed by atoms with van der Waals surface area (Å²) in [5.41, 5.74) is 2.15. The summed E-state index contributed by atoms with van der Waals surface area (Å²) in [6.07, 6.45) is 0.276. The van der Waals surface area contributed by atoms with Crippen LogP contribution in [0, 0.1) is 0 Å². The molecule has 120 valence electrons. The third kappa shape index (κ3) is 5.79. The lowest BCUT2D eigenvalue weighted by Crippen LogP contribution is -2.41. The molecule has 2 N–H and O–H groups in total. The summed E-state index contributed by atoms with van der Waals surface area (Å²) in [6, 6.07) is 17.1. The molecule has 0 aliphatic heterocycles. The van der Waals surface area contributed by atoms with E-state index in [0.717, 1.165) is 16.2 Å². The van der Waals surface area contributed by atoms with Crippen LogP contribution >= 0.6 is 11.8 Å². The number of thioether (sulfide) groups is 1. The Hall–Kier alpha value is -2.27. The highest BCUT2D eigenvalue weighted by atomic mass is 32.2. The summed E-state index contributed by atoms with van der Waals surface area (Å²) in [7, 11) is 0. The van der Waals surface area contributed by atoms with Gasteiger partial charge in [-0.3, -0.25) is 4.79 Å². The predicted octanol–water partition coefficient (Wildman–Crippen LogP) is 3.11. The van der Waals surface area contributed by atoms with Crippen molar-refractivity contribution < 1.29 is 14.7 Å². The van der Waals surface area contributed by atoms with Crippen LogP contribution in [0.2, 0.25) is 0 Å². The molecule has 2 aromatic carbocycles. The number of carboxylic acid groups (broad SMARTS) is 1. The standard InChI is InChI=1S/C18H19NO3S/c1-13(20)19-17(18(21)22)11-14-7-9-16(10-8-14)23-12-15-5-3-2-4-6-15/h2-10,17H,11-12H2,1H3,(H,19,20)(H,21,22)/t17-/m0/s1. The Bertz CT molecular complexity index is 656. The molecule has 0 heterocycles. The van der Waals surface area contributed by atoms with Gasteiger partial charge >= 0.3 is 5.97 Å². The quantitative estimate of drug-likeness (QED) is 0.766. The largest absolute Gasteiger partial charge is 0.480 e. The van der Waals surface area contributed by atoms with Crippen LogP contribution in [0.1, 0.15) is 18.1 Å². The summed E-state index contributed by atoms with van der Waals surface area (Å²) >= 11 is 1.73. The average molecular weight is 329 g/mol. The topological polar surface area (TPSA) is 66.4 Å². The molecule has 0 saturated heterocycles. The number of carbonyl (C=O) groups excluding carboxylic acids is 1. The number of hydrogen-bond donors (Lipinski definition) is 2. The van der Waals surface area contributed by atoms with Crippen LogP contribution in [0.25, 0.3) is 0 Å². The van der Waals surface area contributed by atoms with Gasteiger partial charge in [-0.15, -0.1) is 11.8 Å². The molecule has 0 saturated carbocycles. The Labute approximate surface area is 139 Å². The summed E-state index contributed by atoms with van der Waals surface area (Å²) < 4.78 is 0. The number of aliphatic carboxylic acids is 1. The van der Waals surface area contributed by atoms with Gasteiger partial charge in [-0.1, -0.05) is 42.5 Å². The fraction of sp³-hybridized carbons (Fsp3) is 0.222. The molecule has 0 unspecified atom stereocenters. The second-order valence-electron chi connectivity index (χ2n) is 5.21. The molecule has 0 radical (unpaired) electrons. The monoisotopic (exact) mass is 329 g/mol. The van der Waals surface area contributed by atoms with E-state index in [1.807, 2.05) is 42.5 Å². The van der Waals surface area contributed by atoms with Gasteiger partial charge in [-0.05, 0) is 23.3 Å². The van der Waals surface area contributed by atoms with E-state index in [0.29, 0.717) is 0 Å². The van der Waals surface area contributed by atoms with Crippen molar-refractivity contribution in [1.82, 2.24) is 5.32 Å². The highest BCUT2D eigenvalue weighted by Gasteiger charge is 2.18. The fourth-order valence-corrected chi connectivity index (χ4v) is 3.00. The number of nitrogens with one attached hydrogen (secondary N) is 1. The van der Waals surface area contributed by atoms with Gasteiger partial charge in [0.25, 0.3) is 0 Å². The van der Waals surface area contributed by atoms with E-state index < -0.39 is 12.0 Å².